The third-order valence-corrected chi connectivity index (χ3v) is 2.62. The average Bonchev–Trinajstić information content (AvgIpc) is 2.87. The fourth-order valence-electron chi connectivity index (χ4n) is 1.77. The van der Waals surface area contributed by atoms with Gasteiger partial charge in [0, 0.05) is 5.39 Å². The van der Waals surface area contributed by atoms with Crippen molar-refractivity contribution in [2.24, 2.45) is 0 Å². The average molecular weight is 240 g/mol. The smallest absolute Gasteiger partial charge is 0.240 e. The largest absolute Gasteiger partial charge is 0.337 e. The quantitative estimate of drug-likeness (QED) is 0.758. The molecule has 0 saturated heterocycles. The maximum Gasteiger partial charge on any atom is 0.240 e. The predicted molar refractivity (Wildman–Crippen MR) is 67.8 cm³/mol. The van der Waals surface area contributed by atoms with Crippen molar-refractivity contribution in [2.45, 2.75) is 6.54 Å². The molecular formula is C13H12N4O. The zero-order valence-corrected chi connectivity index (χ0v) is 9.92. The molecule has 0 aliphatic carbocycles. The van der Waals surface area contributed by atoms with E-state index in [1.807, 2.05) is 43.4 Å². The van der Waals surface area contributed by atoms with Crippen molar-refractivity contribution in [3.8, 4) is 11.5 Å². The van der Waals surface area contributed by atoms with Crippen molar-refractivity contribution >= 4 is 10.9 Å². The number of hydrogen-bond donors (Lipinski definition) is 1. The Labute approximate surface area is 104 Å². The third-order valence-electron chi connectivity index (χ3n) is 2.62. The first-order valence-electron chi connectivity index (χ1n) is 5.70. The van der Waals surface area contributed by atoms with Crippen LogP contribution in [0.15, 0.2) is 40.9 Å². The molecule has 5 nitrogen and oxygen atoms in total. The topological polar surface area (TPSA) is 63.8 Å². The van der Waals surface area contributed by atoms with Crippen LogP contribution in [0.25, 0.3) is 22.4 Å². The SMILES string of the molecule is CNCc1nc(-c2ccc3ccccc3n2)no1. The molecule has 0 radical (unpaired) electrons. The van der Waals surface area contributed by atoms with Crippen molar-refractivity contribution in [3.05, 3.63) is 42.3 Å². The van der Waals surface area contributed by atoms with Gasteiger partial charge in [0.1, 0.15) is 5.69 Å². The summed E-state index contributed by atoms with van der Waals surface area (Å²) in [6.07, 6.45) is 0. The van der Waals surface area contributed by atoms with Crippen LogP contribution in [0.4, 0.5) is 0 Å². The van der Waals surface area contributed by atoms with Crippen LogP contribution in [0.2, 0.25) is 0 Å². The molecule has 2 aromatic heterocycles. The fraction of sp³-hybridized carbons (Fsp3) is 0.154. The second-order valence-electron chi connectivity index (χ2n) is 3.93. The lowest BCUT2D eigenvalue weighted by molar-refractivity contribution is 0.372. The Morgan fingerprint density at radius 3 is 2.89 bits per heavy atom. The lowest BCUT2D eigenvalue weighted by Crippen LogP contribution is -2.04. The molecule has 18 heavy (non-hydrogen) atoms. The summed E-state index contributed by atoms with van der Waals surface area (Å²) in [4.78, 5) is 8.79. The number of para-hydroxylation sites is 1. The zero-order chi connectivity index (χ0) is 12.4. The van der Waals surface area contributed by atoms with Gasteiger partial charge >= 0.3 is 0 Å². The first-order chi connectivity index (χ1) is 8.86. The molecule has 0 amide bonds. The minimum Gasteiger partial charge on any atom is -0.337 e. The summed E-state index contributed by atoms with van der Waals surface area (Å²) in [6, 6.07) is 11.8. The maximum absolute atomic E-state index is 5.11. The van der Waals surface area contributed by atoms with Gasteiger partial charge < -0.3 is 9.84 Å². The second-order valence-corrected chi connectivity index (χ2v) is 3.93. The monoisotopic (exact) mass is 240 g/mol. The van der Waals surface area contributed by atoms with E-state index in [2.05, 4.69) is 20.4 Å². The number of hydrogen-bond acceptors (Lipinski definition) is 5. The Morgan fingerprint density at radius 2 is 2.00 bits per heavy atom. The van der Waals surface area contributed by atoms with Crippen LogP contribution in [-0.2, 0) is 6.54 Å². The number of fused-ring (bicyclic) bond motifs is 1. The van der Waals surface area contributed by atoms with E-state index in [4.69, 9.17) is 4.52 Å². The summed E-state index contributed by atoms with van der Waals surface area (Å²) < 4.78 is 5.11. The molecule has 3 aromatic rings. The number of pyridine rings is 1. The molecular weight excluding hydrogens is 228 g/mol. The Hall–Kier alpha value is -2.27. The Morgan fingerprint density at radius 1 is 1.11 bits per heavy atom. The highest BCUT2D eigenvalue weighted by Gasteiger charge is 2.09. The van der Waals surface area contributed by atoms with E-state index < -0.39 is 0 Å². The molecule has 90 valence electrons. The molecule has 5 heteroatoms. The number of rotatable bonds is 3. The summed E-state index contributed by atoms with van der Waals surface area (Å²) in [6.45, 7) is 0.556. The lowest BCUT2D eigenvalue weighted by atomic mass is 10.2. The summed E-state index contributed by atoms with van der Waals surface area (Å²) in [5.74, 6) is 1.08. The fourth-order valence-corrected chi connectivity index (χ4v) is 1.77. The van der Waals surface area contributed by atoms with Crippen molar-refractivity contribution in [3.63, 3.8) is 0 Å². The molecule has 1 N–H and O–H groups in total. The summed E-state index contributed by atoms with van der Waals surface area (Å²) in [7, 11) is 1.83. The van der Waals surface area contributed by atoms with Gasteiger partial charge in [0.25, 0.3) is 0 Å². The molecule has 0 aliphatic heterocycles. The minimum atomic E-state index is 0.519. The minimum absolute atomic E-state index is 0.519. The van der Waals surface area contributed by atoms with E-state index in [1.165, 1.54) is 0 Å². The van der Waals surface area contributed by atoms with Crippen LogP contribution >= 0.6 is 0 Å². The van der Waals surface area contributed by atoms with Gasteiger partial charge in [0.05, 0.1) is 12.1 Å². The first-order valence-corrected chi connectivity index (χ1v) is 5.70. The van der Waals surface area contributed by atoms with Gasteiger partial charge in [-0.25, -0.2) is 4.98 Å². The van der Waals surface area contributed by atoms with Gasteiger partial charge in [-0.1, -0.05) is 29.4 Å². The van der Waals surface area contributed by atoms with E-state index >= 15 is 0 Å². The maximum atomic E-state index is 5.11. The highest BCUT2D eigenvalue weighted by Crippen LogP contribution is 2.18. The Kier molecular flexibility index (Phi) is 2.74. The van der Waals surface area contributed by atoms with Gasteiger partial charge in [-0.05, 0) is 19.2 Å². The molecule has 0 spiro atoms. The molecule has 1 aromatic carbocycles. The molecule has 2 heterocycles. The van der Waals surface area contributed by atoms with Crippen LogP contribution in [0.5, 0.6) is 0 Å². The van der Waals surface area contributed by atoms with Gasteiger partial charge in [-0.3, -0.25) is 0 Å². The number of nitrogens with zero attached hydrogens (tertiary/aromatic N) is 3. The van der Waals surface area contributed by atoms with Crippen LogP contribution in [0, 0.1) is 0 Å². The van der Waals surface area contributed by atoms with E-state index in [1.54, 1.807) is 0 Å². The van der Waals surface area contributed by atoms with Gasteiger partial charge in [-0.2, -0.15) is 4.98 Å². The van der Waals surface area contributed by atoms with Crippen LogP contribution < -0.4 is 5.32 Å². The Bertz CT molecular complexity index is 677. The van der Waals surface area contributed by atoms with Crippen LogP contribution in [-0.4, -0.2) is 22.2 Å². The number of benzene rings is 1. The summed E-state index contributed by atoms with van der Waals surface area (Å²) in [5, 5.41) is 7.98. The van der Waals surface area contributed by atoms with Gasteiger partial charge in [-0.15, -0.1) is 0 Å². The lowest BCUT2D eigenvalue weighted by Gasteiger charge is -1.98. The second kappa shape index (κ2) is 4.54. The molecule has 0 atom stereocenters. The van der Waals surface area contributed by atoms with Gasteiger partial charge in [0.2, 0.25) is 11.7 Å². The van der Waals surface area contributed by atoms with E-state index in [-0.39, 0.29) is 0 Å². The number of nitrogens with one attached hydrogen (secondary N) is 1. The molecule has 0 aliphatic rings. The summed E-state index contributed by atoms with van der Waals surface area (Å²) in [5.41, 5.74) is 1.65. The molecule has 0 fully saturated rings. The summed E-state index contributed by atoms with van der Waals surface area (Å²) >= 11 is 0. The zero-order valence-electron chi connectivity index (χ0n) is 9.92. The molecule has 0 unspecified atom stereocenters. The first kappa shape index (κ1) is 10.9. The molecule has 0 saturated carbocycles. The molecule has 3 rings (SSSR count). The van der Waals surface area contributed by atoms with Crippen molar-refractivity contribution in [1.29, 1.82) is 0 Å². The third kappa shape index (κ3) is 1.96. The number of aromatic nitrogens is 3. The predicted octanol–water partition coefficient (Wildman–Crippen LogP) is 2.00. The van der Waals surface area contributed by atoms with Crippen molar-refractivity contribution in [1.82, 2.24) is 20.4 Å². The van der Waals surface area contributed by atoms with Crippen molar-refractivity contribution < 1.29 is 4.52 Å². The normalized spacial score (nSPS) is 10.9. The van der Waals surface area contributed by atoms with Gasteiger partial charge in [0.15, 0.2) is 0 Å². The standard InChI is InChI=1S/C13H12N4O/c1-14-8-12-16-13(17-18-12)11-7-6-9-4-2-3-5-10(9)15-11/h2-7,14H,8H2,1H3. The van der Waals surface area contributed by atoms with Crippen molar-refractivity contribution in [2.75, 3.05) is 7.05 Å². The van der Waals surface area contributed by atoms with Crippen LogP contribution in [0.3, 0.4) is 0 Å². The van der Waals surface area contributed by atoms with E-state index in [9.17, 15) is 0 Å². The van der Waals surface area contributed by atoms with Crippen LogP contribution in [0.1, 0.15) is 5.89 Å². The highest BCUT2D eigenvalue weighted by molar-refractivity contribution is 5.80. The Balaban J connectivity index is 2.02. The van der Waals surface area contributed by atoms with E-state index in [0.29, 0.717) is 18.3 Å². The molecule has 0 bridgehead atoms. The highest BCUT2D eigenvalue weighted by atomic mass is 16.5. The van der Waals surface area contributed by atoms with E-state index in [0.717, 1.165) is 16.6 Å².